The molecule has 242 valence electrons. The van der Waals surface area contributed by atoms with E-state index >= 15 is 0 Å². The van der Waals surface area contributed by atoms with Crippen molar-refractivity contribution in [3.63, 3.8) is 0 Å². The summed E-state index contributed by atoms with van der Waals surface area (Å²) < 4.78 is 31.4. The summed E-state index contributed by atoms with van der Waals surface area (Å²) in [4.78, 5) is 34.6. The predicted molar refractivity (Wildman–Crippen MR) is 174 cm³/mol. The molecule has 5 rings (SSSR count). The molecule has 1 N–H and O–H groups in total. The van der Waals surface area contributed by atoms with E-state index in [2.05, 4.69) is 16.8 Å². The molecule has 2 aliphatic rings. The van der Waals surface area contributed by atoms with E-state index in [1.165, 1.54) is 31.4 Å². The van der Waals surface area contributed by atoms with E-state index in [1.807, 2.05) is 26.0 Å². The van der Waals surface area contributed by atoms with E-state index in [-0.39, 0.29) is 23.4 Å². The molecule has 45 heavy (non-hydrogen) atoms. The summed E-state index contributed by atoms with van der Waals surface area (Å²) in [6, 6.07) is 12.2. The first kappa shape index (κ1) is 32.7. The average Bonchev–Trinajstić information content (AvgIpc) is 3.34. The number of benzene rings is 2. The monoisotopic (exact) mass is 619 g/mol. The Morgan fingerprint density at radius 3 is 2.64 bits per heavy atom. The van der Waals surface area contributed by atoms with E-state index in [0.717, 1.165) is 43.7 Å². The fourth-order valence-corrected chi connectivity index (χ4v) is 6.41. The van der Waals surface area contributed by atoms with E-state index in [0.29, 0.717) is 41.7 Å². The molecule has 8 nitrogen and oxygen atoms in total. The zero-order valence-corrected chi connectivity index (χ0v) is 27.2. The second kappa shape index (κ2) is 14.2. The highest BCUT2D eigenvalue weighted by atomic mass is 19.1. The van der Waals surface area contributed by atoms with Gasteiger partial charge >= 0.3 is 5.97 Å². The number of ether oxygens (including phenoxy) is 3. The number of unbranched alkanes of at least 4 members (excludes halogenated alkanes) is 1. The van der Waals surface area contributed by atoms with Crippen molar-refractivity contribution in [2.75, 3.05) is 39.5 Å². The average molecular weight is 620 g/mol. The number of aromatic nitrogens is 1. The quantitative estimate of drug-likeness (QED) is 0.190. The van der Waals surface area contributed by atoms with Crippen molar-refractivity contribution in [3.05, 3.63) is 71.3 Å². The zero-order chi connectivity index (χ0) is 32.1. The molecule has 0 bridgehead atoms. The van der Waals surface area contributed by atoms with Gasteiger partial charge in [-0.2, -0.15) is 0 Å². The molecule has 1 atom stereocenters. The minimum atomic E-state index is -0.573. The van der Waals surface area contributed by atoms with Crippen LogP contribution in [0.15, 0.2) is 48.7 Å². The lowest BCUT2D eigenvalue weighted by Gasteiger charge is -2.35. The van der Waals surface area contributed by atoms with Crippen LogP contribution >= 0.6 is 0 Å². The molecule has 1 fully saturated rings. The molecule has 2 aliphatic heterocycles. The van der Waals surface area contributed by atoms with Crippen LogP contribution in [0.2, 0.25) is 0 Å². The Labute approximate surface area is 265 Å². The number of carbonyl (C=O) groups excluding carboxylic acids is 2. The number of nitrogens with zero attached hydrogens (tertiary/aromatic N) is 2. The van der Waals surface area contributed by atoms with Crippen molar-refractivity contribution in [3.8, 4) is 5.75 Å². The number of hydrogen-bond acceptors (Lipinski definition) is 6. The molecule has 1 amide bonds. The molecule has 3 aromatic rings. The van der Waals surface area contributed by atoms with Crippen LogP contribution in [0.5, 0.6) is 5.75 Å². The van der Waals surface area contributed by atoms with Crippen LogP contribution in [0.1, 0.15) is 81.9 Å². The fourth-order valence-electron chi connectivity index (χ4n) is 6.41. The summed E-state index contributed by atoms with van der Waals surface area (Å²) in [5.74, 6) is -0.455. The summed E-state index contributed by atoms with van der Waals surface area (Å²) >= 11 is 0. The largest absolute Gasteiger partial charge is 0.494 e. The molecule has 0 radical (unpaired) electrons. The van der Waals surface area contributed by atoms with Crippen molar-refractivity contribution in [2.45, 2.75) is 77.9 Å². The Morgan fingerprint density at radius 1 is 1.13 bits per heavy atom. The Hall–Kier alpha value is -3.69. The van der Waals surface area contributed by atoms with E-state index < -0.39 is 11.4 Å². The van der Waals surface area contributed by atoms with Gasteiger partial charge in [-0.3, -0.25) is 9.69 Å². The maximum atomic E-state index is 14.1. The van der Waals surface area contributed by atoms with Gasteiger partial charge in [-0.15, -0.1) is 0 Å². The third-order valence-electron chi connectivity index (χ3n) is 8.58. The van der Waals surface area contributed by atoms with Crippen molar-refractivity contribution >= 4 is 28.4 Å². The number of hydrogen-bond donors (Lipinski definition) is 1. The third-order valence-corrected chi connectivity index (χ3v) is 8.58. The summed E-state index contributed by atoms with van der Waals surface area (Å²) in [7, 11) is 0. The molecule has 0 aliphatic carbocycles. The summed E-state index contributed by atoms with van der Waals surface area (Å²) in [5.41, 5.74) is 2.11. The van der Waals surface area contributed by atoms with E-state index in [4.69, 9.17) is 14.2 Å². The van der Waals surface area contributed by atoms with Crippen molar-refractivity contribution < 1.29 is 28.2 Å². The molecule has 9 heteroatoms. The predicted octanol–water partition coefficient (Wildman–Crippen LogP) is 6.69. The highest BCUT2D eigenvalue weighted by Gasteiger charge is 2.38. The number of rotatable bonds is 11. The molecule has 1 unspecified atom stereocenters. The smallest absolute Gasteiger partial charge is 0.342 e. The molecule has 0 saturated carbocycles. The fraction of sp³-hybridized carbons (Fsp3) is 0.500. The lowest BCUT2D eigenvalue weighted by Crippen LogP contribution is -2.46. The van der Waals surface area contributed by atoms with Gasteiger partial charge in [0.25, 0.3) is 5.91 Å². The molecule has 1 saturated heterocycles. The lowest BCUT2D eigenvalue weighted by molar-refractivity contribution is -0.140. The first-order chi connectivity index (χ1) is 21.6. The molecular formula is C36H46FN3O5. The topological polar surface area (TPSA) is 84.1 Å². The highest BCUT2D eigenvalue weighted by molar-refractivity contribution is 6.18. The number of morpholine rings is 1. The Bertz CT molecular complexity index is 1530. The number of amides is 1. The van der Waals surface area contributed by atoms with Gasteiger partial charge in [0.2, 0.25) is 0 Å². The number of halogens is 1. The first-order valence-corrected chi connectivity index (χ1v) is 16.2. The number of aromatic amines is 1. The van der Waals surface area contributed by atoms with Gasteiger partial charge in [0, 0.05) is 53.8 Å². The Kier molecular flexibility index (Phi) is 10.3. The minimum absolute atomic E-state index is 0.228. The van der Waals surface area contributed by atoms with Gasteiger partial charge in [0.05, 0.1) is 37.2 Å². The summed E-state index contributed by atoms with van der Waals surface area (Å²) in [6.45, 7) is 14.2. The molecule has 3 heterocycles. The van der Waals surface area contributed by atoms with Gasteiger partial charge in [-0.05, 0) is 74.7 Å². The second-order valence-electron chi connectivity index (χ2n) is 13.0. The van der Waals surface area contributed by atoms with Crippen molar-refractivity contribution in [2.24, 2.45) is 0 Å². The highest BCUT2D eigenvalue weighted by Crippen LogP contribution is 2.41. The number of carbonyl (C=O) groups is 2. The maximum absolute atomic E-state index is 14.1. The third kappa shape index (κ3) is 7.59. The summed E-state index contributed by atoms with van der Waals surface area (Å²) in [6.07, 6.45) is 5.69. The van der Waals surface area contributed by atoms with Crippen LogP contribution in [0.4, 0.5) is 4.39 Å². The van der Waals surface area contributed by atoms with Gasteiger partial charge in [0.15, 0.2) is 0 Å². The van der Waals surface area contributed by atoms with Crippen LogP contribution in [0, 0.1) is 5.82 Å². The Balaban J connectivity index is 1.30. The van der Waals surface area contributed by atoms with Gasteiger partial charge in [-0.1, -0.05) is 33.6 Å². The van der Waals surface area contributed by atoms with Gasteiger partial charge in [-0.25, -0.2) is 9.18 Å². The first-order valence-electron chi connectivity index (χ1n) is 16.2. The normalized spacial score (nSPS) is 18.4. The van der Waals surface area contributed by atoms with E-state index in [1.54, 1.807) is 43.1 Å². The summed E-state index contributed by atoms with van der Waals surface area (Å²) in [5, 5.41) is 0.806. The van der Waals surface area contributed by atoms with E-state index in [9.17, 15) is 14.0 Å². The SMILES string of the molecule is CCCCC1COCCN1CCCOc1ccc(C(=O)N2C=C(C(=O)OC(C)C)c3[nH]c4cc(F)ccc4c3C(C)(C)C2)cc1. The van der Waals surface area contributed by atoms with Crippen molar-refractivity contribution in [1.29, 1.82) is 0 Å². The molecule has 1 aromatic heterocycles. The molecular weight excluding hydrogens is 573 g/mol. The maximum Gasteiger partial charge on any atom is 0.342 e. The van der Waals surface area contributed by atoms with Crippen LogP contribution in [-0.2, 0) is 19.7 Å². The van der Waals surface area contributed by atoms with Crippen LogP contribution in [0.3, 0.4) is 0 Å². The van der Waals surface area contributed by atoms with Crippen LogP contribution in [0.25, 0.3) is 16.5 Å². The Morgan fingerprint density at radius 2 is 1.91 bits per heavy atom. The second-order valence-corrected chi connectivity index (χ2v) is 13.0. The number of esters is 1. The number of fused-ring (bicyclic) bond motifs is 3. The van der Waals surface area contributed by atoms with Crippen LogP contribution in [-0.4, -0.2) is 78.3 Å². The molecule has 0 spiro atoms. The van der Waals surface area contributed by atoms with Gasteiger partial charge < -0.3 is 24.1 Å². The zero-order valence-electron chi connectivity index (χ0n) is 27.2. The lowest BCUT2D eigenvalue weighted by atomic mass is 9.81. The standard InChI is InChI=1S/C36H46FN3O5/c1-6-7-9-27-22-43-19-17-39(27)16-8-18-44-28-13-10-25(11-14-28)34(41)40-21-30(35(42)45-24(2)3)33-32(36(4,5)23-40)29-15-12-26(37)20-31(29)38-33/h10-15,20-21,24,27,38H,6-9,16-19,22-23H2,1-5H3. The van der Waals surface area contributed by atoms with Crippen molar-refractivity contribution in [1.82, 2.24) is 14.8 Å². The number of H-pyrrole nitrogens is 1. The van der Waals surface area contributed by atoms with Gasteiger partial charge in [0.1, 0.15) is 11.6 Å². The minimum Gasteiger partial charge on any atom is -0.494 e. The molecule has 2 aromatic carbocycles. The van der Waals surface area contributed by atoms with Crippen LogP contribution < -0.4 is 4.74 Å². The number of nitrogens with one attached hydrogen (secondary N) is 1.